The van der Waals surface area contributed by atoms with Crippen molar-refractivity contribution in [1.29, 1.82) is 0 Å². The van der Waals surface area contributed by atoms with E-state index < -0.39 is 5.91 Å². The highest BCUT2D eigenvalue weighted by molar-refractivity contribution is 6.36. The van der Waals surface area contributed by atoms with E-state index >= 15 is 0 Å². The van der Waals surface area contributed by atoms with Gasteiger partial charge in [-0.1, -0.05) is 65.7 Å². The average molecular weight is 409 g/mol. The summed E-state index contributed by atoms with van der Waals surface area (Å²) in [6.45, 7) is 0. The van der Waals surface area contributed by atoms with Gasteiger partial charge in [0.05, 0.1) is 16.9 Å². The number of amides is 1. The molecule has 0 saturated carbocycles. The minimum atomic E-state index is -0.402. The third kappa shape index (κ3) is 3.91. The Balaban J connectivity index is 1.48. The number of aromatic nitrogens is 2. The van der Waals surface area contributed by atoms with Gasteiger partial charge in [-0.3, -0.25) is 9.89 Å². The summed E-state index contributed by atoms with van der Waals surface area (Å²) in [7, 11) is 0. The van der Waals surface area contributed by atoms with Crippen molar-refractivity contribution in [3.05, 3.63) is 88.0 Å². The van der Waals surface area contributed by atoms with Crippen LogP contribution in [0.4, 0.5) is 0 Å². The van der Waals surface area contributed by atoms with E-state index in [4.69, 9.17) is 23.2 Å². The number of carbonyl (C=O) groups is 1. The van der Waals surface area contributed by atoms with E-state index in [0.717, 1.165) is 16.3 Å². The van der Waals surface area contributed by atoms with Crippen LogP contribution in [-0.4, -0.2) is 22.3 Å². The van der Waals surface area contributed by atoms with Crippen LogP contribution in [0, 0.1) is 0 Å². The Morgan fingerprint density at radius 2 is 1.82 bits per heavy atom. The van der Waals surface area contributed by atoms with E-state index in [1.807, 2.05) is 42.5 Å². The van der Waals surface area contributed by atoms with E-state index in [2.05, 4.69) is 20.7 Å². The number of aromatic amines is 1. The number of carbonyl (C=O) groups excluding carboxylic acids is 1. The summed E-state index contributed by atoms with van der Waals surface area (Å²) in [5.74, 6) is -0.402. The Morgan fingerprint density at radius 1 is 1.00 bits per heavy atom. The van der Waals surface area contributed by atoms with Crippen molar-refractivity contribution in [2.75, 3.05) is 0 Å². The summed E-state index contributed by atoms with van der Waals surface area (Å²) in [6, 6.07) is 20.8. The van der Waals surface area contributed by atoms with E-state index in [0.29, 0.717) is 27.0 Å². The van der Waals surface area contributed by atoms with Crippen molar-refractivity contribution < 1.29 is 4.79 Å². The monoisotopic (exact) mass is 408 g/mol. The van der Waals surface area contributed by atoms with Gasteiger partial charge in [-0.05, 0) is 35.0 Å². The SMILES string of the molecule is O=C(N/N=C/c1ccc(Cl)cc1Cl)c1cc(-c2ccc3ccccc3c2)n[nH]1. The lowest BCUT2D eigenvalue weighted by Gasteiger charge is -2.00. The van der Waals surface area contributed by atoms with Crippen molar-refractivity contribution in [3.63, 3.8) is 0 Å². The van der Waals surface area contributed by atoms with Crippen LogP contribution in [0.5, 0.6) is 0 Å². The molecule has 0 spiro atoms. The third-order valence-corrected chi connectivity index (χ3v) is 4.76. The third-order valence-electron chi connectivity index (χ3n) is 4.20. The van der Waals surface area contributed by atoms with E-state index in [1.54, 1.807) is 24.3 Å². The first kappa shape index (κ1) is 18.2. The molecule has 0 unspecified atom stereocenters. The van der Waals surface area contributed by atoms with E-state index in [1.165, 1.54) is 6.21 Å². The molecule has 1 amide bonds. The number of halogens is 2. The van der Waals surface area contributed by atoms with Crippen LogP contribution < -0.4 is 5.43 Å². The zero-order valence-corrected chi connectivity index (χ0v) is 16.0. The summed E-state index contributed by atoms with van der Waals surface area (Å²) in [6.07, 6.45) is 1.46. The first-order chi connectivity index (χ1) is 13.6. The second kappa shape index (κ2) is 7.84. The van der Waals surface area contributed by atoms with Gasteiger partial charge in [0.2, 0.25) is 0 Å². The van der Waals surface area contributed by atoms with Crippen LogP contribution in [0.15, 0.2) is 71.8 Å². The van der Waals surface area contributed by atoms with Crippen molar-refractivity contribution in [2.45, 2.75) is 0 Å². The topological polar surface area (TPSA) is 70.1 Å². The molecule has 0 atom stereocenters. The average Bonchev–Trinajstić information content (AvgIpc) is 3.19. The highest BCUT2D eigenvalue weighted by atomic mass is 35.5. The summed E-state index contributed by atoms with van der Waals surface area (Å²) in [5, 5.41) is 14.1. The molecule has 0 saturated heterocycles. The number of hydrogen-bond acceptors (Lipinski definition) is 3. The molecule has 7 heteroatoms. The lowest BCUT2D eigenvalue weighted by Crippen LogP contribution is -2.18. The van der Waals surface area contributed by atoms with E-state index in [-0.39, 0.29) is 0 Å². The Kier molecular flexibility index (Phi) is 5.10. The molecule has 0 fully saturated rings. The minimum absolute atomic E-state index is 0.308. The van der Waals surface area contributed by atoms with Crippen LogP contribution >= 0.6 is 23.2 Å². The normalized spacial score (nSPS) is 11.2. The van der Waals surface area contributed by atoms with Gasteiger partial charge in [0, 0.05) is 16.1 Å². The van der Waals surface area contributed by atoms with Crippen LogP contribution in [0.2, 0.25) is 10.0 Å². The zero-order valence-electron chi connectivity index (χ0n) is 14.5. The fourth-order valence-electron chi connectivity index (χ4n) is 2.76. The predicted octanol–water partition coefficient (Wildman–Crippen LogP) is 5.30. The van der Waals surface area contributed by atoms with Gasteiger partial charge in [0.25, 0.3) is 5.91 Å². The molecule has 4 rings (SSSR count). The summed E-state index contributed by atoms with van der Waals surface area (Å²) in [4.78, 5) is 12.3. The Morgan fingerprint density at radius 3 is 2.64 bits per heavy atom. The van der Waals surface area contributed by atoms with Gasteiger partial charge >= 0.3 is 0 Å². The highest BCUT2D eigenvalue weighted by Gasteiger charge is 2.11. The molecule has 0 radical (unpaired) electrons. The molecule has 3 aromatic carbocycles. The molecule has 28 heavy (non-hydrogen) atoms. The van der Waals surface area contributed by atoms with Crippen LogP contribution in [0.3, 0.4) is 0 Å². The molecule has 138 valence electrons. The molecule has 1 aromatic heterocycles. The fraction of sp³-hybridized carbons (Fsp3) is 0. The number of nitrogens with zero attached hydrogens (tertiary/aromatic N) is 2. The van der Waals surface area contributed by atoms with Gasteiger partial charge in [-0.2, -0.15) is 10.2 Å². The number of benzene rings is 3. The van der Waals surface area contributed by atoms with Gasteiger partial charge < -0.3 is 0 Å². The van der Waals surface area contributed by atoms with Crippen molar-refractivity contribution >= 4 is 46.1 Å². The minimum Gasteiger partial charge on any atom is -0.272 e. The molecule has 0 aliphatic rings. The molecule has 4 aromatic rings. The molecule has 2 N–H and O–H groups in total. The molecular formula is C21H14Cl2N4O. The number of H-pyrrole nitrogens is 1. The first-order valence-corrected chi connectivity index (χ1v) is 9.19. The number of rotatable bonds is 4. The van der Waals surface area contributed by atoms with Gasteiger partial charge in [0.15, 0.2) is 0 Å². The van der Waals surface area contributed by atoms with Crippen LogP contribution in [-0.2, 0) is 0 Å². The number of nitrogens with one attached hydrogen (secondary N) is 2. The number of fused-ring (bicyclic) bond motifs is 1. The Hall–Kier alpha value is -3.15. The predicted molar refractivity (Wildman–Crippen MR) is 113 cm³/mol. The van der Waals surface area contributed by atoms with Crippen LogP contribution in [0.1, 0.15) is 16.1 Å². The maximum Gasteiger partial charge on any atom is 0.289 e. The van der Waals surface area contributed by atoms with Gasteiger partial charge in [-0.15, -0.1) is 0 Å². The summed E-state index contributed by atoms with van der Waals surface area (Å²) < 4.78 is 0. The smallest absolute Gasteiger partial charge is 0.272 e. The maximum atomic E-state index is 12.3. The molecule has 0 bridgehead atoms. The highest BCUT2D eigenvalue weighted by Crippen LogP contribution is 2.23. The lowest BCUT2D eigenvalue weighted by molar-refractivity contribution is 0.0950. The molecule has 1 heterocycles. The largest absolute Gasteiger partial charge is 0.289 e. The summed E-state index contributed by atoms with van der Waals surface area (Å²) in [5.41, 5.74) is 5.01. The second-order valence-electron chi connectivity index (χ2n) is 6.09. The second-order valence-corrected chi connectivity index (χ2v) is 6.94. The number of hydrazone groups is 1. The fourth-order valence-corrected chi connectivity index (χ4v) is 3.22. The van der Waals surface area contributed by atoms with Crippen molar-refractivity contribution in [3.8, 4) is 11.3 Å². The quantitative estimate of drug-likeness (QED) is 0.355. The van der Waals surface area contributed by atoms with Crippen LogP contribution in [0.25, 0.3) is 22.0 Å². The molecule has 0 aliphatic heterocycles. The molecular weight excluding hydrogens is 395 g/mol. The Labute approximate surface area is 171 Å². The van der Waals surface area contributed by atoms with E-state index in [9.17, 15) is 4.79 Å². The molecule has 5 nitrogen and oxygen atoms in total. The van der Waals surface area contributed by atoms with Gasteiger partial charge in [0.1, 0.15) is 5.69 Å². The van der Waals surface area contributed by atoms with Gasteiger partial charge in [-0.25, -0.2) is 5.43 Å². The number of hydrogen-bond donors (Lipinski definition) is 2. The lowest BCUT2D eigenvalue weighted by atomic mass is 10.1. The maximum absolute atomic E-state index is 12.3. The van der Waals surface area contributed by atoms with Crippen molar-refractivity contribution in [1.82, 2.24) is 15.6 Å². The first-order valence-electron chi connectivity index (χ1n) is 8.43. The van der Waals surface area contributed by atoms with Crippen molar-refractivity contribution in [2.24, 2.45) is 5.10 Å². The molecule has 0 aliphatic carbocycles. The zero-order chi connectivity index (χ0) is 19.5. The standard InChI is InChI=1S/C21H14Cl2N4O/c22-17-8-7-16(18(23)10-17)12-24-27-21(28)20-11-19(25-26-20)15-6-5-13-3-1-2-4-14(13)9-15/h1-12H,(H,25,26)(H,27,28)/b24-12+. The summed E-state index contributed by atoms with van der Waals surface area (Å²) >= 11 is 11.9. The Bertz CT molecular complexity index is 1200.